The molecule has 3 nitrogen and oxygen atoms in total. The standard InChI is InChI=1S/C16H26N2O/c1-4-14-11-13(5-8-16(14)19-3)12-18(2)10-9-17-15-6-7-15/h5,8,11,15,17H,4,6-7,9-10,12H2,1-3H3. The van der Waals surface area contributed by atoms with Gasteiger partial charge in [0.2, 0.25) is 0 Å². The predicted molar refractivity (Wildman–Crippen MR) is 79.7 cm³/mol. The molecule has 1 aromatic rings. The summed E-state index contributed by atoms with van der Waals surface area (Å²) < 4.78 is 5.37. The third-order valence-electron chi connectivity index (χ3n) is 3.68. The Morgan fingerprint density at radius 3 is 2.79 bits per heavy atom. The smallest absolute Gasteiger partial charge is 0.122 e. The Kier molecular flexibility index (Phi) is 5.23. The Morgan fingerprint density at radius 1 is 1.37 bits per heavy atom. The first-order valence-electron chi connectivity index (χ1n) is 7.30. The molecule has 0 radical (unpaired) electrons. The highest BCUT2D eigenvalue weighted by atomic mass is 16.5. The Labute approximate surface area is 116 Å². The van der Waals surface area contributed by atoms with Gasteiger partial charge in [-0.3, -0.25) is 0 Å². The van der Waals surface area contributed by atoms with Crippen molar-refractivity contribution in [3.63, 3.8) is 0 Å². The SMILES string of the molecule is CCc1cc(CN(C)CCNC2CC2)ccc1OC. The molecule has 0 aromatic heterocycles. The van der Waals surface area contributed by atoms with Crippen molar-refractivity contribution in [2.75, 3.05) is 27.2 Å². The van der Waals surface area contributed by atoms with Crippen molar-refractivity contribution in [1.29, 1.82) is 0 Å². The summed E-state index contributed by atoms with van der Waals surface area (Å²) in [6, 6.07) is 7.33. The minimum absolute atomic E-state index is 0.807. The number of methoxy groups -OCH3 is 1. The minimum Gasteiger partial charge on any atom is -0.496 e. The van der Waals surface area contributed by atoms with E-state index in [1.165, 1.54) is 24.0 Å². The quantitative estimate of drug-likeness (QED) is 0.779. The fourth-order valence-electron chi connectivity index (χ4n) is 2.34. The molecule has 1 N–H and O–H groups in total. The highest BCUT2D eigenvalue weighted by molar-refractivity contribution is 5.37. The average molecular weight is 262 g/mol. The molecule has 1 aliphatic rings. The van der Waals surface area contributed by atoms with E-state index in [1.54, 1.807) is 7.11 Å². The second-order valence-electron chi connectivity index (χ2n) is 5.47. The van der Waals surface area contributed by atoms with Crippen molar-refractivity contribution >= 4 is 0 Å². The zero-order valence-electron chi connectivity index (χ0n) is 12.4. The number of benzene rings is 1. The highest BCUT2D eigenvalue weighted by Crippen LogP contribution is 2.21. The summed E-state index contributed by atoms with van der Waals surface area (Å²) >= 11 is 0. The van der Waals surface area contributed by atoms with Gasteiger partial charge in [-0.2, -0.15) is 0 Å². The van der Waals surface area contributed by atoms with Crippen molar-refractivity contribution in [2.24, 2.45) is 0 Å². The van der Waals surface area contributed by atoms with Crippen molar-refractivity contribution in [2.45, 2.75) is 38.8 Å². The normalized spacial score (nSPS) is 14.9. The number of nitrogens with zero attached hydrogens (tertiary/aromatic N) is 1. The molecule has 0 unspecified atom stereocenters. The molecular formula is C16H26N2O. The number of hydrogen-bond acceptors (Lipinski definition) is 3. The van der Waals surface area contributed by atoms with Crippen molar-refractivity contribution in [3.05, 3.63) is 29.3 Å². The lowest BCUT2D eigenvalue weighted by atomic mass is 10.1. The van der Waals surface area contributed by atoms with E-state index in [2.05, 4.69) is 42.4 Å². The van der Waals surface area contributed by atoms with Crippen molar-refractivity contribution < 1.29 is 4.74 Å². The lowest BCUT2D eigenvalue weighted by Crippen LogP contribution is -2.30. The summed E-state index contributed by atoms with van der Waals surface area (Å²) in [4.78, 5) is 2.37. The van der Waals surface area contributed by atoms with Gasteiger partial charge in [0.05, 0.1) is 7.11 Å². The molecule has 1 fully saturated rings. The van der Waals surface area contributed by atoms with Crippen LogP contribution in [0.2, 0.25) is 0 Å². The van der Waals surface area contributed by atoms with E-state index in [4.69, 9.17) is 4.74 Å². The molecule has 3 heteroatoms. The molecular weight excluding hydrogens is 236 g/mol. The van der Waals surface area contributed by atoms with Crippen LogP contribution in [0, 0.1) is 0 Å². The minimum atomic E-state index is 0.807. The third-order valence-corrected chi connectivity index (χ3v) is 3.68. The maximum Gasteiger partial charge on any atom is 0.122 e. The van der Waals surface area contributed by atoms with Crippen LogP contribution in [0.25, 0.3) is 0 Å². The van der Waals surface area contributed by atoms with E-state index >= 15 is 0 Å². The fraction of sp³-hybridized carbons (Fsp3) is 0.625. The van der Waals surface area contributed by atoms with Gasteiger partial charge in [0.25, 0.3) is 0 Å². The second kappa shape index (κ2) is 6.92. The summed E-state index contributed by atoms with van der Waals surface area (Å²) in [7, 11) is 3.92. The highest BCUT2D eigenvalue weighted by Gasteiger charge is 2.19. The fourth-order valence-corrected chi connectivity index (χ4v) is 2.34. The molecule has 0 bridgehead atoms. The van der Waals surface area contributed by atoms with Crippen molar-refractivity contribution in [3.8, 4) is 5.75 Å². The molecule has 1 aliphatic carbocycles. The molecule has 106 valence electrons. The molecule has 0 amide bonds. The Bertz CT molecular complexity index is 402. The maximum absolute atomic E-state index is 5.37. The first-order valence-corrected chi connectivity index (χ1v) is 7.30. The van der Waals surface area contributed by atoms with Gasteiger partial charge in [-0.1, -0.05) is 19.1 Å². The van der Waals surface area contributed by atoms with Crippen LogP contribution >= 0.6 is 0 Å². The van der Waals surface area contributed by atoms with Crippen LogP contribution in [0.4, 0.5) is 0 Å². The Morgan fingerprint density at radius 2 is 2.16 bits per heavy atom. The van der Waals surface area contributed by atoms with E-state index in [1.807, 2.05) is 0 Å². The summed E-state index contributed by atoms with van der Waals surface area (Å²) in [5.41, 5.74) is 2.66. The van der Waals surface area contributed by atoms with Crippen LogP contribution in [-0.2, 0) is 13.0 Å². The van der Waals surface area contributed by atoms with E-state index in [0.29, 0.717) is 0 Å². The number of ether oxygens (including phenoxy) is 1. The van der Waals surface area contributed by atoms with Crippen LogP contribution < -0.4 is 10.1 Å². The predicted octanol–water partition coefficient (Wildman–Crippen LogP) is 2.44. The lowest BCUT2D eigenvalue weighted by molar-refractivity contribution is 0.323. The van der Waals surface area contributed by atoms with E-state index in [9.17, 15) is 0 Å². The largest absolute Gasteiger partial charge is 0.496 e. The van der Waals surface area contributed by atoms with E-state index in [0.717, 1.165) is 37.8 Å². The third kappa shape index (κ3) is 4.51. The number of rotatable bonds is 8. The van der Waals surface area contributed by atoms with E-state index in [-0.39, 0.29) is 0 Å². The Hall–Kier alpha value is -1.06. The van der Waals surface area contributed by atoms with Crippen LogP contribution in [-0.4, -0.2) is 38.2 Å². The van der Waals surface area contributed by atoms with Gasteiger partial charge in [-0.15, -0.1) is 0 Å². The summed E-state index contributed by atoms with van der Waals surface area (Å²) in [5, 5.41) is 3.55. The first kappa shape index (κ1) is 14.4. The first-order chi connectivity index (χ1) is 9.22. The number of aryl methyl sites for hydroxylation is 1. The zero-order valence-corrected chi connectivity index (χ0v) is 12.4. The lowest BCUT2D eigenvalue weighted by Gasteiger charge is -2.18. The maximum atomic E-state index is 5.37. The number of nitrogens with one attached hydrogen (secondary N) is 1. The molecule has 1 saturated carbocycles. The molecule has 1 aromatic carbocycles. The van der Waals surface area contributed by atoms with Crippen molar-refractivity contribution in [1.82, 2.24) is 10.2 Å². The summed E-state index contributed by atoms with van der Waals surface area (Å²) in [6.45, 7) is 5.37. The number of likely N-dealkylation sites (N-methyl/N-ethyl adjacent to an activating group) is 1. The molecule has 0 atom stereocenters. The van der Waals surface area contributed by atoms with Gasteiger partial charge in [0, 0.05) is 25.7 Å². The molecule has 0 spiro atoms. The van der Waals surface area contributed by atoms with Gasteiger partial charge in [0.1, 0.15) is 5.75 Å². The average Bonchev–Trinajstić information content (AvgIpc) is 3.22. The topological polar surface area (TPSA) is 24.5 Å². The van der Waals surface area contributed by atoms with Gasteiger partial charge >= 0.3 is 0 Å². The Balaban J connectivity index is 1.82. The van der Waals surface area contributed by atoms with Crippen LogP contribution in [0.1, 0.15) is 30.9 Å². The molecule has 0 heterocycles. The second-order valence-corrected chi connectivity index (χ2v) is 5.47. The van der Waals surface area contributed by atoms with Gasteiger partial charge in [0.15, 0.2) is 0 Å². The monoisotopic (exact) mass is 262 g/mol. The van der Waals surface area contributed by atoms with Gasteiger partial charge in [-0.25, -0.2) is 0 Å². The van der Waals surface area contributed by atoms with Gasteiger partial charge < -0.3 is 15.0 Å². The molecule has 0 aliphatic heterocycles. The van der Waals surface area contributed by atoms with Crippen LogP contribution in [0.5, 0.6) is 5.75 Å². The zero-order chi connectivity index (χ0) is 13.7. The molecule has 2 rings (SSSR count). The summed E-state index contributed by atoms with van der Waals surface area (Å²) in [5.74, 6) is 1.00. The number of hydrogen-bond donors (Lipinski definition) is 1. The summed E-state index contributed by atoms with van der Waals surface area (Å²) in [6.07, 6.45) is 3.74. The van der Waals surface area contributed by atoms with Gasteiger partial charge in [-0.05, 0) is 43.5 Å². The van der Waals surface area contributed by atoms with Crippen LogP contribution in [0.15, 0.2) is 18.2 Å². The van der Waals surface area contributed by atoms with Crippen LogP contribution in [0.3, 0.4) is 0 Å². The molecule has 19 heavy (non-hydrogen) atoms. The molecule has 0 saturated heterocycles. The van der Waals surface area contributed by atoms with E-state index < -0.39 is 0 Å².